The van der Waals surface area contributed by atoms with Gasteiger partial charge in [-0.15, -0.1) is 0 Å². The molecule has 1 aliphatic heterocycles. The molecule has 2 N–H and O–H groups in total. The first-order chi connectivity index (χ1) is 16.4. The Labute approximate surface area is 210 Å². The fourth-order valence-electron chi connectivity index (χ4n) is 6.19. The number of rotatable bonds is 14. The highest BCUT2D eigenvalue weighted by Gasteiger charge is 2.43. The summed E-state index contributed by atoms with van der Waals surface area (Å²) >= 11 is 0. The molecule has 34 heavy (non-hydrogen) atoms. The molecule has 0 saturated heterocycles. The van der Waals surface area contributed by atoms with Crippen molar-refractivity contribution in [2.75, 3.05) is 28.6 Å². The molecule has 0 radical (unpaired) electrons. The Morgan fingerprint density at radius 3 is 1.82 bits per heavy atom. The van der Waals surface area contributed by atoms with Gasteiger partial charge >= 0.3 is 0 Å². The second-order valence-electron chi connectivity index (χ2n) is 10.9. The lowest BCUT2D eigenvalue weighted by atomic mass is 9.87. The molecule has 0 aromatic heterocycles. The van der Waals surface area contributed by atoms with E-state index in [0.717, 1.165) is 30.6 Å². The van der Waals surface area contributed by atoms with Gasteiger partial charge in [0, 0.05) is 40.9 Å². The van der Waals surface area contributed by atoms with Gasteiger partial charge in [-0.05, 0) is 56.2 Å². The van der Waals surface area contributed by atoms with Gasteiger partial charge in [0.05, 0.1) is 0 Å². The van der Waals surface area contributed by atoms with Crippen LogP contribution < -0.4 is 15.5 Å². The minimum Gasteiger partial charge on any atom is -0.398 e. The number of benzene rings is 2. The zero-order valence-electron chi connectivity index (χ0n) is 23.0. The standard InChI is InChI=1S/C31H51N3/c1-7-12-15-24(10-4)22-33-28-18-14-17-26-27(32)19-20-29(30(26)28)34(31(33,6)21-9-3)23-25(11-5)16-13-8-2/h14,17-20,24-25H,7-13,15-16,21-23,32H2,1-6H3. The summed E-state index contributed by atoms with van der Waals surface area (Å²) in [7, 11) is 0. The highest BCUT2D eigenvalue weighted by Crippen LogP contribution is 2.49. The minimum absolute atomic E-state index is 0.0224. The lowest BCUT2D eigenvalue weighted by Gasteiger charge is -2.56. The van der Waals surface area contributed by atoms with Crippen LogP contribution in [0, 0.1) is 11.8 Å². The molecule has 3 unspecified atom stereocenters. The summed E-state index contributed by atoms with van der Waals surface area (Å²) in [5, 5.41) is 2.58. The van der Waals surface area contributed by atoms with E-state index in [4.69, 9.17) is 5.73 Å². The van der Waals surface area contributed by atoms with E-state index in [2.05, 4.69) is 81.7 Å². The number of hydrogen-bond donors (Lipinski definition) is 1. The smallest absolute Gasteiger partial charge is 0.110 e. The number of unbranched alkanes of at least 4 members (excludes halogenated alkanes) is 2. The Hall–Kier alpha value is -1.90. The van der Waals surface area contributed by atoms with E-state index in [1.54, 1.807) is 0 Å². The van der Waals surface area contributed by atoms with Crippen LogP contribution in [0.1, 0.15) is 106 Å². The summed E-state index contributed by atoms with van der Waals surface area (Å²) in [6.45, 7) is 16.5. The first-order valence-electron chi connectivity index (χ1n) is 14.3. The number of nitrogens with two attached hydrogens (primary N) is 1. The van der Waals surface area contributed by atoms with Crippen LogP contribution in [-0.4, -0.2) is 18.8 Å². The summed E-state index contributed by atoms with van der Waals surface area (Å²) in [4.78, 5) is 5.59. The van der Waals surface area contributed by atoms with Gasteiger partial charge in [-0.1, -0.05) is 91.7 Å². The van der Waals surface area contributed by atoms with E-state index < -0.39 is 0 Å². The summed E-state index contributed by atoms with van der Waals surface area (Å²) in [6.07, 6.45) is 12.7. The third kappa shape index (κ3) is 5.34. The highest BCUT2D eigenvalue weighted by molar-refractivity contribution is 6.10. The van der Waals surface area contributed by atoms with Crippen LogP contribution in [0.3, 0.4) is 0 Å². The van der Waals surface area contributed by atoms with Crippen molar-refractivity contribution < 1.29 is 0 Å². The summed E-state index contributed by atoms with van der Waals surface area (Å²) in [6, 6.07) is 11.2. The predicted molar refractivity (Wildman–Crippen MR) is 153 cm³/mol. The van der Waals surface area contributed by atoms with Crippen molar-refractivity contribution >= 4 is 27.8 Å². The second kappa shape index (κ2) is 12.2. The second-order valence-corrected chi connectivity index (χ2v) is 10.9. The maximum atomic E-state index is 6.54. The van der Waals surface area contributed by atoms with Crippen molar-refractivity contribution in [3.8, 4) is 0 Å². The highest BCUT2D eigenvalue weighted by atomic mass is 15.4. The zero-order valence-corrected chi connectivity index (χ0v) is 23.0. The molecule has 0 saturated carbocycles. The zero-order chi connectivity index (χ0) is 24.7. The molecule has 3 rings (SSSR count). The Balaban J connectivity index is 2.16. The van der Waals surface area contributed by atoms with Gasteiger partial charge in [0.1, 0.15) is 5.66 Å². The molecule has 3 nitrogen and oxygen atoms in total. The summed E-state index contributed by atoms with van der Waals surface area (Å²) in [5.74, 6) is 1.44. The molecule has 2 aromatic carbocycles. The van der Waals surface area contributed by atoms with Crippen LogP contribution in [0.15, 0.2) is 30.3 Å². The van der Waals surface area contributed by atoms with Crippen LogP contribution in [-0.2, 0) is 0 Å². The summed E-state index contributed by atoms with van der Waals surface area (Å²) < 4.78 is 0. The molecular weight excluding hydrogens is 414 g/mol. The van der Waals surface area contributed by atoms with Crippen LogP contribution >= 0.6 is 0 Å². The molecule has 2 aromatic rings. The Bertz CT molecular complexity index is 873. The number of nitrogens with zero attached hydrogens (tertiary/aromatic N) is 2. The maximum absolute atomic E-state index is 6.54. The molecule has 0 amide bonds. The fraction of sp³-hybridized carbons (Fsp3) is 0.677. The van der Waals surface area contributed by atoms with Crippen LogP contribution in [0.2, 0.25) is 0 Å². The van der Waals surface area contributed by atoms with Gasteiger partial charge in [-0.3, -0.25) is 0 Å². The van der Waals surface area contributed by atoms with Crippen molar-refractivity contribution in [1.29, 1.82) is 0 Å². The number of hydrogen-bond acceptors (Lipinski definition) is 3. The molecular formula is C31H51N3. The lowest BCUT2D eigenvalue weighted by molar-refractivity contribution is 0.304. The number of anilines is 3. The van der Waals surface area contributed by atoms with E-state index in [-0.39, 0.29) is 5.66 Å². The third-order valence-electron chi connectivity index (χ3n) is 8.47. The van der Waals surface area contributed by atoms with Crippen molar-refractivity contribution in [2.24, 2.45) is 11.8 Å². The molecule has 0 spiro atoms. The topological polar surface area (TPSA) is 32.5 Å². The minimum atomic E-state index is -0.0224. The molecule has 0 bridgehead atoms. The Morgan fingerprint density at radius 1 is 0.765 bits per heavy atom. The molecule has 190 valence electrons. The SMILES string of the molecule is CCCCC(CC)CN1c2cccc3c(N)ccc(c23)N(CC(CC)CCCC)C1(C)CCC. The maximum Gasteiger partial charge on any atom is 0.110 e. The van der Waals surface area contributed by atoms with Gasteiger partial charge in [0.25, 0.3) is 0 Å². The first kappa shape index (κ1) is 26.7. The van der Waals surface area contributed by atoms with E-state index in [1.165, 1.54) is 86.4 Å². The van der Waals surface area contributed by atoms with Crippen molar-refractivity contribution in [1.82, 2.24) is 0 Å². The van der Waals surface area contributed by atoms with Crippen molar-refractivity contribution in [2.45, 2.75) is 111 Å². The average molecular weight is 466 g/mol. The fourth-order valence-corrected chi connectivity index (χ4v) is 6.19. The van der Waals surface area contributed by atoms with Gasteiger partial charge in [-0.2, -0.15) is 0 Å². The van der Waals surface area contributed by atoms with Crippen LogP contribution in [0.4, 0.5) is 17.1 Å². The summed E-state index contributed by atoms with van der Waals surface area (Å²) in [5.41, 5.74) is 10.2. The first-order valence-corrected chi connectivity index (χ1v) is 14.3. The quantitative estimate of drug-likeness (QED) is 0.282. The van der Waals surface area contributed by atoms with Crippen LogP contribution in [0.25, 0.3) is 10.8 Å². The Kier molecular flexibility index (Phi) is 9.56. The van der Waals surface area contributed by atoms with E-state index in [0.29, 0.717) is 0 Å². The van der Waals surface area contributed by atoms with Crippen LogP contribution in [0.5, 0.6) is 0 Å². The van der Waals surface area contributed by atoms with Gasteiger partial charge in [0.2, 0.25) is 0 Å². The average Bonchev–Trinajstić information content (AvgIpc) is 2.84. The normalized spacial score (nSPS) is 19.6. The third-order valence-corrected chi connectivity index (χ3v) is 8.47. The van der Waals surface area contributed by atoms with Gasteiger partial charge in [0.15, 0.2) is 0 Å². The largest absolute Gasteiger partial charge is 0.398 e. The predicted octanol–water partition coefficient (Wildman–Crippen LogP) is 9.00. The molecule has 0 aliphatic carbocycles. The van der Waals surface area contributed by atoms with Crippen molar-refractivity contribution in [3.63, 3.8) is 0 Å². The monoisotopic (exact) mass is 465 g/mol. The molecule has 1 aliphatic rings. The molecule has 3 atom stereocenters. The van der Waals surface area contributed by atoms with E-state index >= 15 is 0 Å². The molecule has 0 fully saturated rings. The lowest BCUT2D eigenvalue weighted by Crippen LogP contribution is -2.63. The van der Waals surface area contributed by atoms with Gasteiger partial charge < -0.3 is 15.5 Å². The van der Waals surface area contributed by atoms with E-state index in [1.807, 2.05) is 0 Å². The number of nitrogen functional groups attached to an aromatic ring is 1. The molecule has 1 heterocycles. The van der Waals surface area contributed by atoms with E-state index in [9.17, 15) is 0 Å². The van der Waals surface area contributed by atoms with Gasteiger partial charge in [-0.25, -0.2) is 0 Å². The van der Waals surface area contributed by atoms with Crippen molar-refractivity contribution in [3.05, 3.63) is 30.3 Å². The molecule has 3 heteroatoms. The Morgan fingerprint density at radius 2 is 1.32 bits per heavy atom.